The molecule has 0 radical (unpaired) electrons. The molecule has 0 spiro atoms. The van der Waals surface area contributed by atoms with E-state index in [0.29, 0.717) is 22.2 Å². The van der Waals surface area contributed by atoms with Crippen LogP contribution in [0.4, 0.5) is 5.69 Å². The number of halogens is 2. The van der Waals surface area contributed by atoms with Crippen LogP contribution >= 0.6 is 23.2 Å². The van der Waals surface area contributed by atoms with Gasteiger partial charge in [0, 0.05) is 23.1 Å². The molecule has 196 valence electrons. The Morgan fingerprint density at radius 3 is 2.16 bits per heavy atom. The molecule has 0 unspecified atom stereocenters. The fraction of sp³-hybridized carbons (Fsp3) is 0.259. The molecule has 0 bridgehead atoms. The molecule has 0 heterocycles. The molecule has 0 saturated heterocycles. The number of amides is 2. The Labute approximate surface area is 228 Å². The molecule has 0 aliphatic heterocycles. The minimum atomic E-state index is -4.13. The van der Waals surface area contributed by atoms with Crippen LogP contribution in [0.2, 0.25) is 10.0 Å². The highest BCUT2D eigenvalue weighted by Crippen LogP contribution is 2.26. The lowest BCUT2D eigenvalue weighted by atomic mass is 10.1. The van der Waals surface area contributed by atoms with Gasteiger partial charge in [0.1, 0.15) is 12.6 Å². The standard InChI is InChI=1S/C27H29Cl2N3O4S/c1-4-30-27(34)20(3)31(17-21-7-5-6-8-25(21)29)26(33)18-32(23-13-11-22(28)12-14-23)37(35,36)24-15-9-19(2)10-16-24/h5-16,20H,4,17-18H2,1-3H3,(H,30,34)/t20-/m1/s1. The summed E-state index contributed by atoms with van der Waals surface area (Å²) in [4.78, 5) is 27.9. The first-order chi connectivity index (χ1) is 17.5. The largest absolute Gasteiger partial charge is 0.355 e. The predicted octanol–water partition coefficient (Wildman–Crippen LogP) is 5.05. The van der Waals surface area contributed by atoms with E-state index < -0.39 is 28.5 Å². The van der Waals surface area contributed by atoms with E-state index in [1.54, 1.807) is 62.4 Å². The van der Waals surface area contributed by atoms with Crippen molar-refractivity contribution in [1.29, 1.82) is 0 Å². The molecule has 10 heteroatoms. The molecule has 3 aromatic carbocycles. The number of carbonyl (C=O) groups is 2. The van der Waals surface area contributed by atoms with Gasteiger partial charge in [-0.3, -0.25) is 13.9 Å². The van der Waals surface area contributed by atoms with Crippen molar-refractivity contribution in [3.05, 3.63) is 94.0 Å². The quantitative estimate of drug-likeness (QED) is 0.375. The van der Waals surface area contributed by atoms with E-state index in [1.165, 1.54) is 29.2 Å². The van der Waals surface area contributed by atoms with Gasteiger partial charge in [-0.15, -0.1) is 0 Å². The van der Waals surface area contributed by atoms with Crippen LogP contribution in [-0.2, 0) is 26.2 Å². The summed E-state index contributed by atoms with van der Waals surface area (Å²) < 4.78 is 28.5. The molecule has 0 fully saturated rings. The van der Waals surface area contributed by atoms with Gasteiger partial charge >= 0.3 is 0 Å². The number of hydrogen-bond acceptors (Lipinski definition) is 4. The maximum absolute atomic E-state index is 13.8. The van der Waals surface area contributed by atoms with Gasteiger partial charge in [0.05, 0.1) is 10.6 Å². The molecule has 2 amide bonds. The molecule has 0 aliphatic rings. The Balaban J connectivity index is 2.03. The number of hydrogen-bond donors (Lipinski definition) is 1. The first-order valence-electron chi connectivity index (χ1n) is 11.7. The summed E-state index contributed by atoms with van der Waals surface area (Å²) in [6.07, 6.45) is 0. The maximum atomic E-state index is 13.8. The summed E-state index contributed by atoms with van der Waals surface area (Å²) in [5.74, 6) is -0.924. The first kappa shape index (κ1) is 28.5. The lowest BCUT2D eigenvalue weighted by Gasteiger charge is -2.32. The van der Waals surface area contributed by atoms with Crippen LogP contribution in [0.25, 0.3) is 0 Å². The van der Waals surface area contributed by atoms with Crippen molar-refractivity contribution in [2.45, 2.75) is 38.3 Å². The lowest BCUT2D eigenvalue weighted by Crippen LogP contribution is -2.51. The molecule has 1 atom stereocenters. The fourth-order valence-electron chi connectivity index (χ4n) is 3.69. The Morgan fingerprint density at radius 2 is 1.57 bits per heavy atom. The number of nitrogens with one attached hydrogen (secondary N) is 1. The zero-order valence-electron chi connectivity index (χ0n) is 20.8. The lowest BCUT2D eigenvalue weighted by molar-refractivity contribution is -0.139. The van der Waals surface area contributed by atoms with E-state index in [9.17, 15) is 18.0 Å². The van der Waals surface area contributed by atoms with Crippen LogP contribution in [0.1, 0.15) is 25.0 Å². The highest BCUT2D eigenvalue weighted by Gasteiger charge is 2.32. The molecule has 37 heavy (non-hydrogen) atoms. The number of nitrogens with zero attached hydrogens (tertiary/aromatic N) is 2. The number of rotatable bonds is 10. The Hall–Kier alpha value is -3.07. The minimum absolute atomic E-state index is 0.0237. The van der Waals surface area contributed by atoms with Gasteiger partial charge in [-0.25, -0.2) is 8.42 Å². The molecule has 0 aromatic heterocycles. The summed E-state index contributed by atoms with van der Waals surface area (Å²) >= 11 is 12.4. The molecule has 7 nitrogen and oxygen atoms in total. The van der Waals surface area contributed by atoms with Crippen molar-refractivity contribution in [3.8, 4) is 0 Å². The van der Waals surface area contributed by atoms with Crippen molar-refractivity contribution in [1.82, 2.24) is 10.2 Å². The maximum Gasteiger partial charge on any atom is 0.264 e. The van der Waals surface area contributed by atoms with Gasteiger partial charge in [-0.1, -0.05) is 59.1 Å². The van der Waals surface area contributed by atoms with Gasteiger partial charge in [-0.05, 0) is 68.8 Å². The summed E-state index contributed by atoms with van der Waals surface area (Å²) in [7, 11) is -4.13. The molecule has 1 N–H and O–H groups in total. The van der Waals surface area contributed by atoms with Gasteiger partial charge in [0.25, 0.3) is 10.0 Å². The van der Waals surface area contributed by atoms with Crippen molar-refractivity contribution >= 4 is 50.7 Å². The van der Waals surface area contributed by atoms with Gasteiger partial charge in [0.15, 0.2) is 0 Å². The second kappa shape index (κ2) is 12.4. The highest BCUT2D eigenvalue weighted by molar-refractivity contribution is 7.92. The number of anilines is 1. The third-order valence-electron chi connectivity index (χ3n) is 5.82. The number of benzene rings is 3. The minimum Gasteiger partial charge on any atom is -0.355 e. The average molecular weight is 563 g/mol. The van der Waals surface area contributed by atoms with Crippen molar-refractivity contribution in [3.63, 3.8) is 0 Å². The van der Waals surface area contributed by atoms with Crippen LogP contribution in [0, 0.1) is 6.92 Å². The molecule has 0 aliphatic carbocycles. The van der Waals surface area contributed by atoms with Crippen LogP contribution in [0.15, 0.2) is 77.7 Å². The summed E-state index contributed by atoms with van der Waals surface area (Å²) in [6, 6.07) is 18.7. The number of sulfonamides is 1. The second-order valence-electron chi connectivity index (χ2n) is 8.48. The fourth-order valence-corrected chi connectivity index (χ4v) is 5.42. The Kier molecular flexibility index (Phi) is 9.59. The highest BCUT2D eigenvalue weighted by atomic mass is 35.5. The summed E-state index contributed by atoms with van der Waals surface area (Å²) in [6.45, 7) is 5.10. The van der Waals surface area contributed by atoms with Crippen molar-refractivity contribution in [2.24, 2.45) is 0 Å². The van der Waals surface area contributed by atoms with E-state index in [-0.39, 0.29) is 23.0 Å². The molecule has 3 rings (SSSR count). The van der Waals surface area contributed by atoms with Crippen LogP contribution in [-0.4, -0.2) is 44.3 Å². The Morgan fingerprint density at radius 1 is 0.946 bits per heavy atom. The molecular formula is C27H29Cl2N3O4S. The Bertz CT molecular complexity index is 1350. The zero-order valence-corrected chi connectivity index (χ0v) is 23.1. The van der Waals surface area contributed by atoms with Gasteiger partial charge in [-0.2, -0.15) is 0 Å². The zero-order chi connectivity index (χ0) is 27.2. The van der Waals surface area contributed by atoms with Crippen LogP contribution in [0.3, 0.4) is 0 Å². The third kappa shape index (κ3) is 7.03. The summed E-state index contributed by atoms with van der Waals surface area (Å²) in [5.41, 5.74) is 1.80. The van der Waals surface area contributed by atoms with E-state index >= 15 is 0 Å². The van der Waals surface area contributed by atoms with Crippen molar-refractivity contribution < 1.29 is 18.0 Å². The van der Waals surface area contributed by atoms with E-state index in [0.717, 1.165) is 9.87 Å². The first-order valence-corrected chi connectivity index (χ1v) is 13.9. The SMILES string of the molecule is CCNC(=O)[C@@H](C)N(Cc1ccccc1Cl)C(=O)CN(c1ccc(Cl)cc1)S(=O)(=O)c1ccc(C)cc1. The number of aryl methyl sites for hydroxylation is 1. The monoisotopic (exact) mass is 561 g/mol. The molecular weight excluding hydrogens is 533 g/mol. The van der Waals surface area contributed by atoms with Crippen LogP contribution in [0.5, 0.6) is 0 Å². The number of likely N-dealkylation sites (N-methyl/N-ethyl adjacent to an activating group) is 1. The number of carbonyl (C=O) groups excluding carboxylic acids is 2. The van der Waals surface area contributed by atoms with Crippen LogP contribution < -0.4 is 9.62 Å². The van der Waals surface area contributed by atoms with E-state index in [2.05, 4.69) is 5.32 Å². The van der Waals surface area contributed by atoms with E-state index in [4.69, 9.17) is 23.2 Å². The van der Waals surface area contributed by atoms with E-state index in [1.807, 2.05) is 6.92 Å². The average Bonchev–Trinajstić information content (AvgIpc) is 2.87. The molecule has 0 saturated carbocycles. The van der Waals surface area contributed by atoms with Gasteiger partial charge < -0.3 is 10.2 Å². The predicted molar refractivity (Wildman–Crippen MR) is 147 cm³/mol. The molecule has 3 aromatic rings. The topological polar surface area (TPSA) is 86.8 Å². The third-order valence-corrected chi connectivity index (χ3v) is 8.23. The van der Waals surface area contributed by atoms with Gasteiger partial charge in [0.2, 0.25) is 11.8 Å². The second-order valence-corrected chi connectivity index (χ2v) is 11.2. The smallest absolute Gasteiger partial charge is 0.264 e. The van der Waals surface area contributed by atoms with Crippen molar-refractivity contribution in [2.75, 3.05) is 17.4 Å². The normalized spacial score (nSPS) is 12.0. The summed E-state index contributed by atoms with van der Waals surface area (Å²) in [5, 5.41) is 3.58.